The van der Waals surface area contributed by atoms with Gasteiger partial charge < -0.3 is 10.5 Å². The van der Waals surface area contributed by atoms with E-state index in [2.05, 4.69) is 17.4 Å². The maximum absolute atomic E-state index is 8.93. The van der Waals surface area contributed by atoms with Crippen LogP contribution in [0.3, 0.4) is 0 Å². The zero-order valence-corrected chi connectivity index (χ0v) is 9.96. The van der Waals surface area contributed by atoms with Gasteiger partial charge in [-0.05, 0) is 24.1 Å². The number of halogens is 1. The van der Waals surface area contributed by atoms with E-state index in [1.165, 1.54) is 5.56 Å². The first-order valence-corrected chi connectivity index (χ1v) is 5.92. The smallest absolute Gasteiger partial charge is 0.173 e. The summed E-state index contributed by atoms with van der Waals surface area (Å²) in [5.74, 6) is 0.526. The number of hydrogen-bond acceptors (Lipinski definition) is 2. The first-order valence-electron chi connectivity index (χ1n) is 5.54. The van der Waals surface area contributed by atoms with Crippen LogP contribution in [0.2, 0.25) is 5.02 Å². The fourth-order valence-electron chi connectivity index (χ4n) is 2.08. The number of nitrogens with zero attached hydrogens (tertiary/aromatic N) is 1. The lowest BCUT2D eigenvalue weighted by Crippen LogP contribution is -2.19. The van der Waals surface area contributed by atoms with Crippen molar-refractivity contribution in [3.63, 3.8) is 0 Å². The van der Waals surface area contributed by atoms with Gasteiger partial charge in [0.25, 0.3) is 0 Å². The van der Waals surface area contributed by atoms with Gasteiger partial charge in [0.05, 0.1) is 6.04 Å². The molecule has 0 spiro atoms. The third-order valence-electron chi connectivity index (χ3n) is 2.90. The van der Waals surface area contributed by atoms with Crippen LogP contribution in [0.25, 0.3) is 0 Å². The number of hydrogen-bond donors (Lipinski definition) is 2. The van der Waals surface area contributed by atoms with Gasteiger partial charge in [-0.2, -0.15) is 0 Å². The minimum Gasteiger partial charge on any atom is -0.409 e. The number of rotatable bonds is 3. The lowest BCUT2D eigenvalue weighted by molar-refractivity contribution is 0.316. The molecule has 4 heteroatoms. The third-order valence-corrected chi connectivity index (χ3v) is 3.14. The van der Waals surface area contributed by atoms with E-state index in [0.29, 0.717) is 10.9 Å². The zero-order chi connectivity index (χ0) is 11.5. The summed E-state index contributed by atoms with van der Waals surface area (Å²) < 4.78 is 0. The molecule has 2 rings (SSSR count). The Morgan fingerprint density at radius 1 is 1.50 bits per heavy atom. The van der Waals surface area contributed by atoms with Crippen molar-refractivity contribution in [2.24, 2.45) is 5.16 Å². The van der Waals surface area contributed by atoms with Crippen LogP contribution in [-0.2, 0) is 0 Å². The Morgan fingerprint density at radius 3 is 3.00 bits per heavy atom. The standard InChI is InChI=1S/C12H15ClN2O/c1-2-3-4-11-9-6-5-8(13)7-10(9)12(14-11)15-16/h5-7,11,16H,2-4H2,1H3,(H,14,15). The van der Waals surface area contributed by atoms with Gasteiger partial charge in [0.1, 0.15) is 0 Å². The molecule has 0 aromatic heterocycles. The number of nitrogens with one attached hydrogen (secondary N) is 1. The van der Waals surface area contributed by atoms with Crippen molar-refractivity contribution in [2.45, 2.75) is 32.2 Å². The fraction of sp³-hybridized carbons (Fsp3) is 0.417. The molecular formula is C12H15ClN2O. The number of fused-ring (bicyclic) bond motifs is 1. The van der Waals surface area contributed by atoms with Gasteiger partial charge in [0, 0.05) is 10.6 Å². The molecule has 0 saturated carbocycles. The van der Waals surface area contributed by atoms with E-state index in [0.717, 1.165) is 24.8 Å². The second-order valence-corrected chi connectivity index (χ2v) is 4.46. The van der Waals surface area contributed by atoms with Crippen LogP contribution in [0.1, 0.15) is 43.4 Å². The number of unbranched alkanes of at least 4 members (excludes halogenated alkanes) is 1. The van der Waals surface area contributed by atoms with E-state index in [9.17, 15) is 0 Å². The Kier molecular flexibility index (Phi) is 3.34. The molecule has 0 bridgehead atoms. The highest BCUT2D eigenvalue weighted by atomic mass is 35.5. The van der Waals surface area contributed by atoms with E-state index < -0.39 is 0 Å². The lowest BCUT2D eigenvalue weighted by atomic mass is 10.0. The predicted octanol–water partition coefficient (Wildman–Crippen LogP) is 3.31. The molecule has 1 aromatic rings. The Balaban J connectivity index is 2.31. The lowest BCUT2D eigenvalue weighted by Gasteiger charge is -2.10. The highest BCUT2D eigenvalue weighted by molar-refractivity contribution is 6.31. The molecule has 86 valence electrons. The van der Waals surface area contributed by atoms with E-state index >= 15 is 0 Å². The molecule has 1 aliphatic heterocycles. The van der Waals surface area contributed by atoms with Gasteiger partial charge in [0.2, 0.25) is 0 Å². The summed E-state index contributed by atoms with van der Waals surface area (Å²) in [6.45, 7) is 2.17. The summed E-state index contributed by atoms with van der Waals surface area (Å²) in [5, 5.41) is 16.1. The van der Waals surface area contributed by atoms with E-state index in [1.54, 1.807) is 0 Å². The first-order chi connectivity index (χ1) is 7.76. The van der Waals surface area contributed by atoms with E-state index in [-0.39, 0.29) is 6.04 Å². The molecule has 2 N–H and O–H groups in total. The maximum atomic E-state index is 8.93. The largest absolute Gasteiger partial charge is 0.409 e. The zero-order valence-electron chi connectivity index (χ0n) is 9.20. The van der Waals surface area contributed by atoms with Crippen LogP contribution >= 0.6 is 11.6 Å². The van der Waals surface area contributed by atoms with Crippen molar-refractivity contribution in [1.82, 2.24) is 5.32 Å². The molecule has 0 radical (unpaired) electrons. The molecule has 1 atom stereocenters. The van der Waals surface area contributed by atoms with Crippen LogP contribution in [0.15, 0.2) is 23.4 Å². The topological polar surface area (TPSA) is 44.6 Å². The molecule has 0 saturated heterocycles. The minimum absolute atomic E-state index is 0.248. The first kappa shape index (κ1) is 11.3. The summed E-state index contributed by atoms with van der Waals surface area (Å²) in [5.41, 5.74) is 2.08. The second kappa shape index (κ2) is 4.74. The SMILES string of the molecule is CCCCC1N/C(=N\O)c2cc(Cl)ccc21. The predicted molar refractivity (Wildman–Crippen MR) is 65.2 cm³/mol. The van der Waals surface area contributed by atoms with Crippen LogP contribution < -0.4 is 5.32 Å². The van der Waals surface area contributed by atoms with Crippen LogP contribution in [0.4, 0.5) is 0 Å². The summed E-state index contributed by atoms with van der Waals surface area (Å²) >= 11 is 5.93. The summed E-state index contributed by atoms with van der Waals surface area (Å²) in [6, 6.07) is 5.97. The van der Waals surface area contributed by atoms with Gasteiger partial charge >= 0.3 is 0 Å². The van der Waals surface area contributed by atoms with Gasteiger partial charge in [-0.1, -0.05) is 42.6 Å². The maximum Gasteiger partial charge on any atom is 0.173 e. The molecule has 1 heterocycles. The van der Waals surface area contributed by atoms with Crippen LogP contribution in [0, 0.1) is 0 Å². The second-order valence-electron chi connectivity index (χ2n) is 4.02. The summed E-state index contributed by atoms with van der Waals surface area (Å²) in [4.78, 5) is 0. The third kappa shape index (κ3) is 2.00. The van der Waals surface area contributed by atoms with Crippen molar-refractivity contribution < 1.29 is 5.21 Å². The van der Waals surface area contributed by atoms with Crippen molar-refractivity contribution in [3.8, 4) is 0 Å². The summed E-state index contributed by atoms with van der Waals surface area (Å²) in [7, 11) is 0. The van der Waals surface area contributed by atoms with Crippen molar-refractivity contribution in [2.75, 3.05) is 0 Å². The number of amidine groups is 1. The monoisotopic (exact) mass is 238 g/mol. The molecule has 1 aliphatic rings. The Hall–Kier alpha value is -1.22. The van der Waals surface area contributed by atoms with Gasteiger partial charge in [0.15, 0.2) is 5.84 Å². The summed E-state index contributed by atoms with van der Waals surface area (Å²) in [6.07, 6.45) is 3.36. The molecule has 0 fully saturated rings. The molecule has 0 aliphatic carbocycles. The molecule has 0 amide bonds. The molecule has 3 nitrogen and oxygen atoms in total. The molecule has 1 aromatic carbocycles. The molecular weight excluding hydrogens is 224 g/mol. The number of oxime groups is 1. The van der Waals surface area contributed by atoms with Gasteiger partial charge in [-0.15, -0.1) is 0 Å². The Labute approximate surface area is 100 Å². The molecule has 16 heavy (non-hydrogen) atoms. The fourth-order valence-corrected chi connectivity index (χ4v) is 2.25. The quantitative estimate of drug-likeness (QED) is 0.627. The van der Waals surface area contributed by atoms with E-state index in [4.69, 9.17) is 16.8 Å². The highest BCUT2D eigenvalue weighted by Gasteiger charge is 2.26. The number of benzene rings is 1. The van der Waals surface area contributed by atoms with Crippen molar-refractivity contribution in [1.29, 1.82) is 0 Å². The van der Waals surface area contributed by atoms with E-state index in [1.807, 2.05) is 18.2 Å². The highest BCUT2D eigenvalue weighted by Crippen LogP contribution is 2.31. The van der Waals surface area contributed by atoms with Crippen molar-refractivity contribution in [3.05, 3.63) is 34.3 Å². The van der Waals surface area contributed by atoms with Gasteiger partial charge in [-0.3, -0.25) is 0 Å². The average Bonchev–Trinajstić information content (AvgIpc) is 2.63. The van der Waals surface area contributed by atoms with Crippen LogP contribution in [0.5, 0.6) is 0 Å². The van der Waals surface area contributed by atoms with Crippen LogP contribution in [-0.4, -0.2) is 11.0 Å². The minimum atomic E-state index is 0.248. The normalized spacial score (nSPS) is 20.9. The van der Waals surface area contributed by atoms with Crippen molar-refractivity contribution >= 4 is 17.4 Å². The van der Waals surface area contributed by atoms with Gasteiger partial charge in [-0.25, -0.2) is 0 Å². The molecule has 1 unspecified atom stereocenters. The average molecular weight is 239 g/mol. The Morgan fingerprint density at radius 2 is 2.31 bits per heavy atom. The Bertz CT molecular complexity index is 417.